The maximum absolute atomic E-state index is 12.9. The first-order valence-electron chi connectivity index (χ1n) is 10.8. The van der Waals surface area contributed by atoms with Gasteiger partial charge in [-0.05, 0) is 72.6 Å². The number of nitro benzene ring substituents is 1. The molecule has 0 fully saturated rings. The highest BCUT2D eigenvalue weighted by atomic mass is 79.9. The first kappa shape index (κ1) is 25.2. The Labute approximate surface area is 220 Å². The van der Waals surface area contributed by atoms with Crippen LogP contribution in [0.2, 0.25) is 5.02 Å². The highest BCUT2D eigenvalue weighted by Crippen LogP contribution is 2.31. The van der Waals surface area contributed by atoms with E-state index < -0.39 is 10.8 Å². The minimum Gasteiger partial charge on any atom is -0.489 e. The zero-order valence-electron chi connectivity index (χ0n) is 19.0. The molecule has 4 rings (SSSR count). The molecule has 0 atom stereocenters. The summed E-state index contributed by atoms with van der Waals surface area (Å²) in [6, 6.07) is 23.6. The summed E-state index contributed by atoms with van der Waals surface area (Å²) in [5.74, 6) is 0.952. The van der Waals surface area contributed by atoms with E-state index in [2.05, 4.69) is 21.2 Å². The lowest BCUT2D eigenvalue weighted by Gasteiger charge is -2.11. The number of hydrogen-bond acceptors (Lipinski definition) is 5. The third-order valence-electron chi connectivity index (χ3n) is 5.13. The summed E-state index contributed by atoms with van der Waals surface area (Å²) in [5.41, 5.74) is 2.00. The SMILES string of the molecule is Cc1cc(Oc2cc(NC(=O)c3cccc(COc4ccc(Br)cc4)c3)cc([N+](=O)[O-])c2)ccc1Cl. The Balaban J connectivity index is 1.50. The Bertz CT molecular complexity index is 1430. The first-order chi connectivity index (χ1) is 17.3. The molecule has 4 aromatic carbocycles. The van der Waals surface area contributed by atoms with Crippen LogP contribution in [0.3, 0.4) is 0 Å². The van der Waals surface area contributed by atoms with Crippen LogP contribution in [0.25, 0.3) is 0 Å². The van der Waals surface area contributed by atoms with Crippen LogP contribution in [-0.2, 0) is 6.61 Å². The summed E-state index contributed by atoms with van der Waals surface area (Å²) in [7, 11) is 0. The van der Waals surface area contributed by atoms with E-state index >= 15 is 0 Å². The second kappa shape index (κ2) is 11.2. The average Bonchev–Trinajstić information content (AvgIpc) is 2.86. The topological polar surface area (TPSA) is 90.7 Å². The van der Waals surface area contributed by atoms with E-state index in [1.165, 1.54) is 18.2 Å². The minimum absolute atomic E-state index is 0.206. The van der Waals surface area contributed by atoms with Gasteiger partial charge in [-0.25, -0.2) is 0 Å². The van der Waals surface area contributed by atoms with Crippen LogP contribution in [0.15, 0.2) is 89.4 Å². The number of rotatable bonds is 8. The van der Waals surface area contributed by atoms with E-state index in [0.717, 1.165) is 15.6 Å². The molecule has 0 aromatic heterocycles. The number of anilines is 1. The van der Waals surface area contributed by atoms with Crippen molar-refractivity contribution in [2.75, 3.05) is 5.32 Å². The second-order valence-corrected chi connectivity index (χ2v) is 9.21. The maximum atomic E-state index is 12.9. The fourth-order valence-corrected chi connectivity index (χ4v) is 3.72. The van der Waals surface area contributed by atoms with Crippen LogP contribution >= 0.6 is 27.5 Å². The summed E-state index contributed by atoms with van der Waals surface area (Å²) in [4.78, 5) is 23.9. The molecule has 0 saturated carbocycles. The highest BCUT2D eigenvalue weighted by molar-refractivity contribution is 9.10. The molecule has 0 aliphatic rings. The quantitative estimate of drug-likeness (QED) is 0.172. The van der Waals surface area contributed by atoms with Gasteiger partial charge in [-0.3, -0.25) is 14.9 Å². The Morgan fingerprint density at radius 1 is 0.972 bits per heavy atom. The number of aryl methyl sites for hydroxylation is 1. The number of nitrogens with zero attached hydrogens (tertiary/aromatic N) is 1. The van der Waals surface area contributed by atoms with Crippen molar-refractivity contribution in [2.24, 2.45) is 0 Å². The van der Waals surface area contributed by atoms with Gasteiger partial charge in [-0.2, -0.15) is 0 Å². The Kier molecular flexibility index (Phi) is 7.87. The zero-order valence-corrected chi connectivity index (χ0v) is 21.4. The van der Waals surface area contributed by atoms with Crippen molar-refractivity contribution in [2.45, 2.75) is 13.5 Å². The number of nitrogens with one attached hydrogen (secondary N) is 1. The minimum atomic E-state index is -0.546. The lowest BCUT2D eigenvalue weighted by Crippen LogP contribution is -2.12. The molecule has 0 aliphatic carbocycles. The van der Waals surface area contributed by atoms with Gasteiger partial charge in [0.05, 0.1) is 16.7 Å². The summed E-state index contributed by atoms with van der Waals surface area (Å²) in [6.07, 6.45) is 0. The van der Waals surface area contributed by atoms with Crippen LogP contribution in [0.5, 0.6) is 17.2 Å². The van der Waals surface area contributed by atoms with Crippen LogP contribution in [0, 0.1) is 17.0 Å². The summed E-state index contributed by atoms with van der Waals surface area (Å²) in [6.45, 7) is 2.10. The molecule has 0 spiro atoms. The van der Waals surface area contributed by atoms with Crippen molar-refractivity contribution in [1.82, 2.24) is 0 Å². The monoisotopic (exact) mass is 566 g/mol. The second-order valence-electron chi connectivity index (χ2n) is 7.88. The van der Waals surface area contributed by atoms with E-state index in [1.807, 2.05) is 37.3 Å². The standard InChI is InChI=1S/C27H20BrClN2O5/c1-17-11-24(9-10-26(17)29)36-25-14-21(13-22(15-25)31(33)34)30-27(32)19-4-2-3-18(12-19)16-35-23-7-5-20(28)6-8-23/h2-15H,16H2,1H3,(H,30,32). The molecule has 0 bridgehead atoms. The van der Waals surface area contributed by atoms with E-state index in [-0.39, 0.29) is 23.7 Å². The molecule has 0 aliphatic heterocycles. The summed E-state index contributed by atoms with van der Waals surface area (Å²) < 4.78 is 12.5. The Morgan fingerprint density at radius 3 is 2.44 bits per heavy atom. The molecular weight excluding hydrogens is 548 g/mol. The van der Waals surface area contributed by atoms with Gasteiger partial charge in [0.25, 0.3) is 11.6 Å². The molecule has 0 saturated heterocycles. The van der Waals surface area contributed by atoms with Crippen LogP contribution in [0.4, 0.5) is 11.4 Å². The molecule has 182 valence electrons. The molecule has 7 nitrogen and oxygen atoms in total. The van der Waals surface area contributed by atoms with Crippen LogP contribution < -0.4 is 14.8 Å². The van der Waals surface area contributed by atoms with Crippen LogP contribution in [0.1, 0.15) is 21.5 Å². The average molecular weight is 568 g/mol. The van der Waals surface area contributed by atoms with Gasteiger partial charge < -0.3 is 14.8 Å². The van der Waals surface area contributed by atoms with Gasteiger partial charge in [0.15, 0.2) is 0 Å². The maximum Gasteiger partial charge on any atom is 0.275 e. The number of halogens is 2. The first-order valence-corrected chi connectivity index (χ1v) is 12.0. The lowest BCUT2D eigenvalue weighted by atomic mass is 10.1. The fraction of sp³-hybridized carbons (Fsp3) is 0.0741. The molecule has 9 heteroatoms. The zero-order chi connectivity index (χ0) is 25.7. The molecule has 1 amide bonds. The molecule has 0 unspecified atom stereocenters. The normalized spacial score (nSPS) is 10.5. The summed E-state index contributed by atoms with van der Waals surface area (Å²) in [5, 5.41) is 14.8. The number of carbonyl (C=O) groups excluding carboxylic acids is 1. The molecule has 36 heavy (non-hydrogen) atoms. The van der Waals surface area contributed by atoms with Gasteiger partial charge in [0.2, 0.25) is 0 Å². The van der Waals surface area contributed by atoms with E-state index in [4.69, 9.17) is 21.1 Å². The molecule has 1 N–H and O–H groups in total. The number of amides is 1. The van der Waals surface area contributed by atoms with E-state index in [0.29, 0.717) is 22.1 Å². The van der Waals surface area contributed by atoms with Crippen molar-refractivity contribution in [3.05, 3.63) is 121 Å². The lowest BCUT2D eigenvalue weighted by molar-refractivity contribution is -0.384. The number of benzene rings is 4. The van der Waals surface area contributed by atoms with Crippen molar-refractivity contribution in [1.29, 1.82) is 0 Å². The number of carbonyl (C=O) groups is 1. The van der Waals surface area contributed by atoms with E-state index in [1.54, 1.807) is 36.4 Å². The Morgan fingerprint density at radius 2 is 1.72 bits per heavy atom. The summed E-state index contributed by atoms with van der Waals surface area (Å²) >= 11 is 9.44. The van der Waals surface area contributed by atoms with Gasteiger partial charge >= 0.3 is 0 Å². The van der Waals surface area contributed by atoms with Crippen molar-refractivity contribution in [3.8, 4) is 17.2 Å². The van der Waals surface area contributed by atoms with E-state index in [9.17, 15) is 14.9 Å². The molecule has 0 heterocycles. The predicted molar refractivity (Wildman–Crippen MR) is 142 cm³/mol. The van der Waals surface area contributed by atoms with Crippen molar-refractivity contribution >= 4 is 44.8 Å². The number of nitro groups is 1. The third kappa shape index (κ3) is 6.62. The predicted octanol–water partition coefficient (Wildman–Crippen LogP) is 7.94. The number of non-ortho nitro benzene ring substituents is 1. The smallest absolute Gasteiger partial charge is 0.275 e. The Hall–Kier alpha value is -3.88. The molecule has 0 radical (unpaired) electrons. The fourth-order valence-electron chi connectivity index (χ4n) is 3.34. The third-order valence-corrected chi connectivity index (χ3v) is 6.09. The van der Waals surface area contributed by atoms with Crippen LogP contribution in [-0.4, -0.2) is 10.8 Å². The largest absolute Gasteiger partial charge is 0.489 e. The van der Waals surface area contributed by atoms with Gasteiger partial charge in [-0.1, -0.05) is 39.7 Å². The highest BCUT2D eigenvalue weighted by Gasteiger charge is 2.15. The number of hydrogen-bond donors (Lipinski definition) is 1. The van der Waals surface area contributed by atoms with Crippen molar-refractivity contribution in [3.63, 3.8) is 0 Å². The van der Waals surface area contributed by atoms with Crippen molar-refractivity contribution < 1.29 is 19.2 Å². The van der Waals surface area contributed by atoms with Gasteiger partial charge in [-0.15, -0.1) is 0 Å². The molecular formula is C27H20BrClN2O5. The number of ether oxygens (including phenoxy) is 2. The van der Waals surface area contributed by atoms with Gasteiger partial charge in [0.1, 0.15) is 23.9 Å². The van der Waals surface area contributed by atoms with Gasteiger partial charge in [0, 0.05) is 27.2 Å². The molecule has 4 aromatic rings.